The number of amides is 1. The highest BCUT2D eigenvalue weighted by Gasteiger charge is 2.16. The number of carboxylic acid groups (broad SMARTS) is 1. The van der Waals surface area contributed by atoms with Crippen LogP contribution in [0.2, 0.25) is 5.02 Å². The molecule has 0 aromatic heterocycles. The van der Waals surface area contributed by atoms with Crippen molar-refractivity contribution < 1.29 is 24.2 Å². The average molecular weight is 364 g/mol. The first-order valence-electron chi connectivity index (χ1n) is 7.57. The van der Waals surface area contributed by atoms with Gasteiger partial charge in [0, 0.05) is 6.07 Å². The molecule has 25 heavy (non-hydrogen) atoms. The monoisotopic (exact) mass is 363 g/mol. The van der Waals surface area contributed by atoms with Crippen LogP contribution in [-0.4, -0.2) is 30.7 Å². The van der Waals surface area contributed by atoms with Crippen LogP contribution in [0.3, 0.4) is 0 Å². The van der Waals surface area contributed by atoms with E-state index in [1.54, 1.807) is 24.3 Å². The molecule has 7 heteroatoms. The number of carbonyl (C=O) groups is 2. The van der Waals surface area contributed by atoms with Gasteiger partial charge in [0.15, 0.2) is 0 Å². The van der Waals surface area contributed by atoms with Crippen LogP contribution in [0.1, 0.15) is 22.8 Å². The van der Waals surface area contributed by atoms with E-state index in [-0.39, 0.29) is 28.7 Å². The van der Waals surface area contributed by atoms with Crippen molar-refractivity contribution in [1.82, 2.24) is 0 Å². The van der Waals surface area contributed by atoms with E-state index in [9.17, 15) is 9.59 Å². The van der Waals surface area contributed by atoms with Crippen LogP contribution in [0.25, 0.3) is 0 Å². The number of halogens is 1. The van der Waals surface area contributed by atoms with Crippen molar-refractivity contribution in [2.75, 3.05) is 19.0 Å². The standard InChI is InChI=1S/C18H18ClNO5/c1-3-25-12-6-4-11(5-7-12)8-17(21)20-15-10-16(24-2)13(18(22)23)9-14(15)19/h4-7,9-10H,3,8H2,1-2H3,(H,20,21)(H,22,23). The Morgan fingerprint density at radius 1 is 1.20 bits per heavy atom. The Hall–Kier alpha value is -2.73. The number of nitrogens with one attached hydrogen (secondary N) is 1. The molecule has 0 unspecified atom stereocenters. The Kier molecular flexibility index (Phi) is 6.25. The maximum absolute atomic E-state index is 12.2. The van der Waals surface area contributed by atoms with Gasteiger partial charge in [0.25, 0.3) is 0 Å². The third-order valence-electron chi connectivity index (χ3n) is 3.39. The summed E-state index contributed by atoms with van der Waals surface area (Å²) in [7, 11) is 1.35. The normalized spacial score (nSPS) is 10.2. The first-order valence-corrected chi connectivity index (χ1v) is 7.94. The van der Waals surface area contributed by atoms with Gasteiger partial charge in [-0.15, -0.1) is 0 Å². The first kappa shape index (κ1) is 18.6. The number of hydrogen-bond donors (Lipinski definition) is 2. The molecule has 2 aromatic carbocycles. The first-order chi connectivity index (χ1) is 11.9. The summed E-state index contributed by atoms with van der Waals surface area (Å²) in [6, 6.07) is 9.84. The summed E-state index contributed by atoms with van der Waals surface area (Å²) in [4.78, 5) is 23.4. The second-order valence-corrected chi connectivity index (χ2v) is 5.55. The largest absolute Gasteiger partial charge is 0.496 e. The molecular formula is C18H18ClNO5. The Morgan fingerprint density at radius 2 is 1.88 bits per heavy atom. The van der Waals surface area contributed by atoms with Crippen molar-refractivity contribution >= 4 is 29.2 Å². The van der Waals surface area contributed by atoms with E-state index >= 15 is 0 Å². The summed E-state index contributed by atoms with van der Waals surface area (Å²) in [6.07, 6.45) is 0.145. The van der Waals surface area contributed by atoms with Crippen molar-refractivity contribution in [3.63, 3.8) is 0 Å². The summed E-state index contributed by atoms with van der Waals surface area (Å²) >= 11 is 6.05. The number of ether oxygens (including phenoxy) is 2. The highest BCUT2D eigenvalue weighted by atomic mass is 35.5. The Labute approximate surface area is 150 Å². The molecule has 0 saturated carbocycles. The van der Waals surface area contributed by atoms with Crippen LogP contribution in [0.5, 0.6) is 11.5 Å². The average Bonchev–Trinajstić information content (AvgIpc) is 2.58. The molecule has 2 aromatic rings. The van der Waals surface area contributed by atoms with Crippen LogP contribution in [-0.2, 0) is 11.2 Å². The van der Waals surface area contributed by atoms with Gasteiger partial charge in [0.2, 0.25) is 5.91 Å². The SMILES string of the molecule is CCOc1ccc(CC(=O)Nc2cc(OC)c(C(=O)O)cc2Cl)cc1. The van der Waals surface area contributed by atoms with Gasteiger partial charge in [-0.25, -0.2) is 4.79 Å². The zero-order valence-electron chi connectivity index (χ0n) is 13.8. The molecule has 132 valence electrons. The van der Waals surface area contributed by atoms with Crippen LogP contribution < -0.4 is 14.8 Å². The van der Waals surface area contributed by atoms with Crippen molar-refractivity contribution in [2.45, 2.75) is 13.3 Å². The fourth-order valence-electron chi connectivity index (χ4n) is 2.24. The zero-order chi connectivity index (χ0) is 18.4. The van der Waals surface area contributed by atoms with Gasteiger partial charge in [-0.3, -0.25) is 4.79 Å². The minimum absolute atomic E-state index is 0.0722. The lowest BCUT2D eigenvalue weighted by atomic mass is 10.1. The maximum atomic E-state index is 12.2. The molecule has 0 heterocycles. The summed E-state index contributed by atoms with van der Waals surface area (Å²) in [6.45, 7) is 2.47. The quantitative estimate of drug-likeness (QED) is 0.784. The van der Waals surface area contributed by atoms with Crippen LogP contribution in [0.15, 0.2) is 36.4 Å². The minimum atomic E-state index is -1.16. The number of rotatable bonds is 7. The molecule has 2 rings (SSSR count). The lowest BCUT2D eigenvalue weighted by Crippen LogP contribution is -2.15. The third-order valence-corrected chi connectivity index (χ3v) is 3.71. The minimum Gasteiger partial charge on any atom is -0.496 e. The predicted octanol–water partition coefficient (Wildman–Crippen LogP) is 3.63. The summed E-state index contributed by atoms with van der Waals surface area (Å²) in [5.74, 6) is -0.584. The van der Waals surface area contributed by atoms with E-state index in [1.165, 1.54) is 19.2 Å². The van der Waals surface area contributed by atoms with E-state index in [0.717, 1.165) is 11.3 Å². The summed E-state index contributed by atoms with van der Waals surface area (Å²) in [5.41, 5.74) is 1.03. The molecule has 1 amide bonds. The number of hydrogen-bond acceptors (Lipinski definition) is 4. The van der Waals surface area contributed by atoms with E-state index in [4.69, 9.17) is 26.2 Å². The van der Waals surface area contributed by atoms with Crippen molar-refractivity contribution in [2.24, 2.45) is 0 Å². The van der Waals surface area contributed by atoms with Crippen LogP contribution >= 0.6 is 11.6 Å². The second-order valence-electron chi connectivity index (χ2n) is 5.14. The molecule has 0 saturated heterocycles. The number of benzene rings is 2. The van der Waals surface area contributed by atoms with Crippen molar-refractivity contribution in [3.8, 4) is 11.5 Å². The van der Waals surface area contributed by atoms with Crippen LogP contribution in [0, 0.1) is 0 Å². The van der Waals surface area contributed by atoms with Crippen molar-refractivity contribution in [1.29, 1.82) is 0 Å². The smallest absolute Gasteiger partial charge is 0.339 e. The van der Waals surface area contributed by atoms with E-state index < -0.39 is 5.97 Å². The van der Waals surface area contributed by atoms with E-state index in [0.29, 0.717) is 12.3 Å². The fourth-order valence-corrected chi connectivity index (χ4v) is 2.45. The van der Waals surface area contributed by atoms with Gasteiger partial charge < -0.3 is 19.9 Å². The second kappa shape index (κ2) is 8.39. The van der Waals surface area contributed by atoms with Gasteiger partial charge in [0.05, 0.1) is 30.8 Å². The fraction of sp³-hybridized carbons (Fsp3) is 0.222. The zero-order valence-corrected chi connectivity index (χ0v) is 14.6. The van der Waals surface area contributed by atoms with Gasteiger partial charge in [-0.1, -0.05) is 23.7 Å². The molecule has 0 fully saturated rings. The molecule has 0 spiro atoms. The molecule has 0 radical (unpaired) electrons. The van der Waals surface area contributed by atoms with Gasteiger partial charge in [-0.2, -0.15) is 0 Å². The predicted molar refractivity (Wildman–Crippen MR) is 94.9 cm³/mol. The van der Waals surface area contributed by atoms with Gasteiger partial charge in [-0.05, 0) is 30.7 Å². The number of carbonyl (C=O) groups excluding carboxylic acids is 1. The third kappa shape index (κ3) is 4.87. The number of aromatic carboxylic acids is 1. The Bertz CT molecular complexity index is 774. The maximum Gasteiger partial charge on any atom is 0.339 e. The van der Waals surface area contributed by atoms with E-state index in [2.05, 4.69) is 5.32 Å². The number of anilines is 1. The molecule has 0 aliphatic carbocycles. The topological polar surface area (TPSA) is 84.9 Å². The molecule has 0 aliphatic rings. The molecular weight excluding hydrogens is 346 g/mol. The summed E-state index contributed by atoms with van der Waals surface area (Å²) < 4.78 is 10.4. The lowest BCUT2D eigenvalue weighted by Gasteiger charge is -2.12. The number of carboxylic acids is 1. The number of methoxy groups -OCH3 is 1. The van der Waals surface area contributed by atoms with Crippen molar-refractivity contribution in [3.05, 3.63) is 52.5 Å². The molecule has 0 aliphatic heterocycles. The highest BCUT2D eigenvalue weighted by Crippen LogP contribution is 2.31. The lowest BCUT2D eigenvalue weighted by molar-refractivity contribution is -0.115. The molecule has 2 N–H and O–H groups in total. The van der Waals surface area contributed by atoms with Gasteiger partial charge in [0.1, 0.15) is 17.1 Å². The summed E-state index contributed by atoms with van der Waals surface area (Å²) in [5, 5.41) is 11.9. The van der Waals surface area contributed by atoms with E-state index in [1.807, 2.05) is 6.92 Å². The van der Waals surface area contributed by atoms with Crippen LogP contribution in [0.4, 0.5) is 5.69 Å². The Morgan fingerprint density at radius 3 is 2.44 bits per heavy atom. The molecule has 0 atom stereocenters. The van der Waals surface area contributed by atoms with Gasteiger partial charge >= 0.3 is 5.97 Å². The molecule has 6 nitrogen and oxygen atoms in total. The highest BCUT2D eigenvalue weighted by molar-refractivity contribution is 6.34. The molecule has 0 bridgehead atoms. The Balaban J connectivity index is 2.10.